The van der Waals surface area contributed by atoms with E-state index in [0.717, 1.165) is 12.1 Å². The Kier molecular flexibility index (Phi) is 4.21. The number of hydrogen-bond acceptors (Lipinski definition) is 3. The Morgan fingerprint density at radius 3 is 2.61 bits per heavy atom. The lowest BCUT2D eigenvalue weighted by Gasteiger charge is -2.50. The smallest absolute Gasteiger partial charge is 0.0309 e. The Labute approximate surface area is 116 Å². The maximum atomic E-state index is 3.92. The Balaban J connectivity index is 1.70. The van der Waals surface area contributed by atoms with Crippen molar-refractivity contribution in [2.45, 2.75) is 69.5 Å². The van der Waals surface area contributed by atoms with E-state index in [4.69, 9.17) is 0 Å². The molecule has 0 aromatic heterocycles. The lowest BCUT2D eigenvalue weighted by molar-refractivity contribution is 0.0374. The Hall–Kier alpha value is 0.270. The highest BCUT2D eigenvalue weighted by Crippen LogP contribution is 2.36. The van der Waals surface area contributed by atoms with Crippen LogP contribution in [0.2, 0.25) is 0 Å². The molecule has 0 aromatic carbocycles. The third-order valence-electron chi connectivity index (χ3n) is 5.36. The summed E-state index contributed by atoms with van der Waals surface area (Å²) in [6.45, 7) is 4.94. The first-order valence-corrected chi connectivity index (χ1v) is 9.07. The van der Waals surface area contributed by atoms with Crippen molar-refractivity contribution in [1.29, 1.82) is 0 Å². The molecule has 3 aliphatic rings. The lowest BCUT2D eigenvalue weighted by Crippen LogP contribution is -2.65. The monoisotopic (exact) mass is 268 g/mol. The van der Waals surface area contributed by atoms with Gasteiger partial charge >= 0.3 is 0 Å². The minimum atomic E-state index is 0.496. The molecule has 2 heterocycles. The Morgan fingerprint density at radius 2 is 1.94 bits per heavy atom. The third kappa shape index (κ3) is 2.59. The quantitative estimate of drug-likeness (QED) is 0.829. The highest BCUT2D eigenvalue weighted by molar-refractivity contribution is 7.99. The summed E-state index contributed by atoms with van der Waals surface area (Å²) >= 11 is 2.15. The molecule has 0 aromatic rings. The zero-order valence-corrected chi connectivity index (χ0v) is 12.6. The molecule has 0 bridgehead atoms. The van der Waals surface area contributed by atoms with E-state index in [2.05, 4.69) is 28.9 Å². The van der Waals surface area contributed by atoms with E-state index in [-0.39, 0.29) is 0 Å². The van der Waals surface area contributed by atoms with Crippen LogP contribution in [0.3, 0.4) is 0 Å². The van der Waals surface area contributed by atoms with Crippen LogP contribution in [0.1, 0.15) is 51.9 Å². The van der Waals surface area contributed by atoms with Crippen molar-refractivity contribution < 1.29 is 0 Å². The van der Waals surface area contributed by atoms with Crippen LogP contribution in [0.25, 0.3) is 0 Å². The molecule has 1 N–H and O–H groups in total. The standard InChI is InChI=1S/C15H28N2S/c1-2-13-11-16-15(7-3-4-8-15)12-17(13)14-5-9-18-10-6-14/h13-14,16H,2-12H2,1H3. The third-order valence-corrected chi connectivity index (χ3v) is 6.41. The maximum Gasteiger partial charge on any atom is 0.0309 e. The molecular weight excluding hydrogens is 240 g/mol. The number of hydrogen-bond donors (Lipinski definition) is 1. The molecule has 3 fully saturated rings. The van der Waals surface area contributed by atoms with Gasteiger partial charge in [0.05, 0.1) is 0 Å². The van der Waals surface area contributed by atoms with Gasteiger partial charge in [0.1, 0.15) is 0 Å². The van der Waals surface area contributed by atoms with Crippen molar-refractivity contribution >= 4 is 11.8 Å². The molecule has 1 spiro atoms. The van der Waals surface area contributed by atoms with E-state index in [1.165, 1.54) is 69.5 Å². The molecule has 1 atom stereocenters. The normalized spacial score (nSPS) is 34.2. The molecule has 104 valence electrons. The van der Waals surface area contributed by atoms with Gasteiger partial charge in [-0.25, -0.2) is 0 Å². The highest BCUT2D eigenvalue weighted by Gasteiger charge is 2.42. The Bertz CT molecular complexity index is 270. The predicted molar refractivity (Wildman–Crippen MR) is 80.3 cm³/mol. The summed E-state index contributed by atoms with van der Waals surface area (Å²) < 4.78 is 0. The van der Waals surface area contributed by atoms with Crippen molar-refractivity contribution in [3.05, 3.63) is 0 Å². The summed E-state index contributed by atoms with van der Waals surface area (Å²) in [6.07, 6.45) is 9.89. The number of piperazine rings is 1. The van der Waals surface area contributed by atoms with Crippen molar-refractivity contribution in [3.8, 4) is 0 Å². The average molecular weight is 268 g/mol. The van der Waals surface area contributed by atoms with Crippen molar-refractivity contribution in [1.82, 2.24) is 10.2 Å². The highest BCUT2D eigenvalue weighted by atomic mass is 32.2. The van der Waals surface area contributed by atoms with Gasteiger partial charge < -0.3 is 5.32 Å². The fourth-order valence-electron chi connectivity index (χ4n) is 4.20. The molecule has 1 aliphatic carbocycles. The van der Waals surface area contributed by atoms with Gasteiger partial charge in [0.15, 0.2) is 0 Å². The summed E-state index contributed by atoms with van der Waals surface area (Å²) in [6, 6.07) is 1.68. The summed E-state index contributed by atoms with van der Waals surface area (Å²) in [5, 5.41) is 3.92. The molecule has 3 heteroatoms. The fourth-order valence-corrected chi connectivity index (χ4v) is 5.28. The van der Waals surface area contributed by atoms with Crippen molar-refractivity contribution in [2.24, 2.45) is 0 Å². The first-order chi connectivity index (χ1) is 8.83. The van der Waals surface area contributed by atoms with Gasteiger partial charge in [-0.05, 0) is 43.6 Å². The zero-order chi connectivity index (χ0) is 12.4. The topological polar surface area (TPSA) is 15.3 Å². The molecule has 1 saturated carbocycles. The Morgan fingerprint density at radius 1 is 1.22 bits per heavy atom. The van der Waals surface area contributed by atoms with Crippen molar-refractivity contribution in [2.75, 3.05) is 24.6 Å². The second kappa shape index (κ2) is 5.72. The van der Waals surface area contributed by atoms with Gasteiger partial charge in [-0.2, -0.15) is 11.8 Å². The van der Waals surface area contributed by atoms with E-state index >= 15 is 0 Å². The fraction of sp³-hybridized carbons (Fsp3) is 1.00. The van der Waals surface area contributed by atoms with Gasteiger partial charge in [-0.3, -0.25) is 4.90 Å². The minimum Gasteiger partial charge on any atom is -0.308 e. The molecule has 18 heavy (non-hydrogen) atoms. The summed E-state index contributed by atoms with van der Waals surface area (Å²) in [4.78, 5) is 2.90. The average Bonchev–Trinajstić information content (AvgIpc) is 2.88. The van der Waals surface area contributed by atoms with E-state index in [9.17, 15) is 0 Å². The second-order valence-electron chi connectivity index (χ2n) is 6.45. The van der Waals surface area contributed by atoms with Crippen LogP contribution in [-0.2, 0) is 0 Å². The molecule has 3 rings (SSSR count). The minimum absolute atomic E-state index is 0.496. The number of nitrogens with zero attached hydrogens (tertiary/aromatic N) is 1. The maximum absolute atomic E-state index is 3.92. The molecule has 2 nitrogen and oxygen atoms in total. The summed E-state index contributed by atoms with van der Waals surface area (Å²) in [5.41, 5.74) is 0.496. The molecular formula is C15H28N2S. The number of nitrogens with one attached hydrogen (secondary N) is 1. The van der Waals surface area contributed by atoms with E-state index in [1.54, 1.807) is 0 Å². The van der Waals surface area contributed by atoms with Crippen LogP contribution in [0.15, 0.2) is 0 Å². The number of thioether (sulfide) groups is 1. The van der Waals surface area contributed by atoms with E-state index < -0.39 is 0 Å². The van der Waals surface area contributed by atoms with Gasteiger partial charge in [-0.15, -0.1) is 0 Å². The van der Waals surface area contributed by atoms with Gasteiger partial charge in [0.2, 0.25) is 0 Å². The van der Waals surface area contributed by atoms with Crippen molar-refractivity contribution in [3.63, 3.8) is 0 Å². The summed E-state index contributed by atoms with van der Waals surface area (Å²) in [5.74, 6) is 2.77. The van der Waals surface area contributed by atoms with E-state index in [0.29, 0.717) is 5.54 Å². The molecule has 2 aliphatic heterocycles. The molecule has 0 radical (unpaired) electrons. The number of rotatable bonds is 2. The van der Waals surface area contributed by atoms with Crippen LogP contribution in [-0.4, -0.2) is 47.1 Å². The SMILES string of the molecule is CCC1CNC2(CCCC2)CN1C1CCSCC1. The van der Waals surface area contributed by atoms with Crippen LogP contribution in [0.4, 0.5) is 0 Å². The predicted octanol–water partition coefficient (Wildman–Crippen LogP) is 2.88. The molecule has 0 amide bonds. The largest absolute Gasteiger partial charge is 0.308 e. The van der Waals surface area contributed by atoms with Crippen LogP contribution in [0.5, 0.6) is 0 Å². The summed E-state index contributed by atoms with van der Waals surface area (Å²) in [7, 11) is 0. The van der Waals surface area contributed by atoms with Crippen LogP contribution in [0, 0.1) is 0 Å². The first-order valence-electron chi connectivity index (χ1n) is 7.91. The second-order valence-corrected chi connectivity index (χ2v) is 7.67. The van der Waals surface area contributed by atoms with Crippen LogP contribution < -0.4 is 5.32 Å². The molecule has 2 saturated heterocycles. The van der Waals surface area contributed by atoms with Gasteiger partial charge in [0, 0.05) is 30.7 Å². The van der Waals surface area contributed by atoms with Crippen LogP contribution >= 0.6 is 11.8 Å². The molecule has 1 unspecified atom stereocenters. The lowest BCUT2D eigenvalue weighted by atomic mass is 9.89. The van der Waals surface area contributed by atoms with Gasteiger partial charge in [-0.1, -0.05) is 19.8 Å². The zero-order valence-electron chi connectivity index (χ0n) is 11.8. The van der Waals surface area contributed by atoms with E-state index in [1.807, 2.05) is 0 Å². The first kappa shape index (κ1) is 13.3. The van der Waals surface area contributed by atoms with Gasteiger partial charge in [0.25, 0.3) is 0 Å².